The van der Waals surface area contributed by atoms with Gasteiger partial charge < -0.3 is 0 Å². The predicted molar refractivity (Wildman–Crippen MR) is 30.8 cm³/mol. The summed E-state index contributed by atoms with van der Waals surface area (Å²) in [5.74, 6) is 0. The Kier molecular flexibility index (Phi) is 1.44. The Labute approximate surface area is 53.1 Å². The molecule has 0 aliphatic rings. The summed E-state index contributed by atoms with van der Waals surface area (Å²) >= 11 is 4.08. The van der Waals surface area contributed by atoms with Gasteiger partial charge in [0.25, 0.3) is 0 Å². The van der Waals surface area contributed by atoms with E-state index in [2.05, 4.69) is 22.0 Å². The summed E-state index contributed by atoms with van der Waals surface area (Å²) in [5.41, 5.74) is 0. The number of hydrogen-bond donors (Lipinski definition) is 0. The first kappa shape index (κ1) is 5.25. The minimum Gasteiger partial charge on any atom is -0.194 e. The number of thiophene rings is 1. The van der Waals surface area contributed by atoms with Crippen molar-refractivity contribution in [2.45, 2.75) is 0 Å². The molecule has 0 saturated carbocycles. The van der Waals surface area contributed by atoms with Crippen LogP contribution < -0.4 is 0 Å². The fourth-order valence-electron chi connectivity index (χ4n) is 0.256. The third-order valence-electron chi connectivity index (χ3n) is 0.484. The summed E-state index contributed by atoms with van der Waals surface area (Å²) in [6.45, 7) is 0. The van der Waals surface area contributed by atoms with Crippen molar-refractivity contribution in [2.24, 2.45) is 0 Å². The monoisotopic (exact) mass is 179 g/mol. The molecular formula is C4HBrFS. The van der Waals surface area contributed by atoms with Gasteiger partial charge >= 0.3 is 0 Å². The molecule has 1 aromatic heterocycles. The van der Waals surface area contributed by atoms with E-state index in [0.717, 1.165) is 11.3 Å². The maximum absolute atomic E-state index is 11.9. The molecule has 0 spiro atoms. The van der Waals surface area contributed by atoms with E-state index < -0.39 is 0 Å². The van der Waals surface area contributed by atoms with Crippen LogP contribution in [0.3, 0.4) is 0 Å². The Morgan fingerprint density at radius 1 is 1.86 bits per heavy atom. The van der Waals surface area contributed by atoms with Gasteiger partial charge in [-0.2, -0.15) is 4.39 Å². The van der Waals surface area contributed by atoms with E-state index in [0.29, 0.717) is 4.47 Å². The summed E-state index contributed by atoms with van der Waals surface area (Å²) in [6, 6.07) is 2.41. The average molecular weight is 180 g/mol. The summed E-state index contributed by atoms with van der Waals surface area (Å²) in [4.78, 5) is 0. The van der Waals surface area contributed by atoms with E-state index in [1.165, 1.54) is 0 Å². The van der Waals surface area contributed by atoms with Crippen LogP contribution in [0.15, 0.2) is 9.85 Å². The molecule has 0 unspecified atom stereocenters. The molecule has 37 valence electrons. The van der Waals surface area contributed by atoms with Crippen LogP contribution in [0.2, 0.25) is 0 Å². The van der Waals surface area contributed by atoms with Crippen LogP contribution in [0, 0.1) is 11.2 Å². The van der Waals surface area contributed by atoms with Gasteiger partial charge in [0.1, 0.15) is 0 Å². The molecule has 0 N–H and O–H groups in total. The molecule has 0 aliphatic heterocycles. The molecule has 3 heteroatoms. The van der Waals surface area contributed by atoms with E-state index in [1.54, 1.807) is 5.38 Å². The summed E-state index contributed by atoms with van der Waals surface area (Å²) < 4.78 is 12.6. The second kappa shape index (κ2) is 1.92. The van der Waals surface area contributed by atoms with Crippen LogP contribution in [-0.4, -0.2) is 0 Å². The zero-order valence-electron chi connectivity index (χ0n) is 3.24. The standard InChI is InChI=1S/C4HBrFS/c5-3-1-4(6)7-2-3/h2H. The third kappa shape index (κ3) is 1.24. The van der Waals surface area contributed by atoms with Gasteiger partial charge in [-0.1, -0.05) is 0 Å². The molecule has 7 heavy (non-hydrogen) atoms. The van der Waals surface area contributed by atoms with E-state index in [1.807, 2.05) is 0 Å². The van der Waals surface area contributed by atoms with Crippen molar-refractivity contribution in [3.8, 4) is 0 Å². The first-order valence-corrected chi connectivity index (χ1v) is 3.28. The summed E-state index contributed by atoms with van der Waals surface area (Å²) in [7, 11) is 0. The van der Waals surface area contributed by atoms with Crippen molar-refractivity contribution >= 4 is 27.3 Å². The van der Waals surface area contributed by atoms with Gasteiger partial charge in [0, 0.05) is 15.9 Å². The van der Waals surface area contributed by atoms with E-state index in [4.69, 9.17) is 0 Å². The maximum atomic E-state index is 11.9. The Bertz CT molecular complexity index is 144. The van der Waals surface area contributed by atoms with Crippen LogP contribution in [0.5, 0.6) is 0 Å². The van der Waals surface area contributed by atoms with E-state index >= 15 is 0 Å². The van der Waals surface area contributed by atoms with Gasteiger partial charge in [-0.3, -0.25) is 0 Å². The first-order chi connectivity index (χ1) is 3.29. The van der Waals surface area contributed by atoms with E-state index in [9.17, 15) is 4.39 Å². The lowest BCUT2D eigenvalue weighted by molar-refractivity contribution is 0.655. The highest BCUT2D eigenvalue weighted by Crippen LogP contribution is 2.16. The highest BCUT2D eigenvalue weighted by Gasteiger charge is 1.91. The van der Waals surface area contributed by atoms with Gasteiger partial charge in [-0.25, -0.2) is 0 Å². The molecule has 0 saturated heterocycles. The Hall–Kier alpha value is 0.110. The number of rotatable bonds is 0. The zero-order valence-corrected chi connectivity index (χ0v) is 5.64. The lowest BCUT2D eigenvalue weighted by Crippen LogP contribution is -1.49. The van der Waals surface area contributed by atoms with Crippen molar-refractivity contribution in [3.05, 3.63) is 21.1 Å². The Morgan fingerprint density at radius 2 is 2.57 bits per heavy atom. The van der Waals surface area contributed by atoms with Crippen molar-refractivity contribution in [1.29, 1.82) is 0 Å². The van der Waals surface area contributed by atoms with Gasteiger partial charge in [0.2, 0.25) is 0 Å². The largest absolute Gasteiger partial charge is 0.194 e. The smallest absolute Gasteiger partial charge is 0.185 e. The Morgan fingerprint density at radius 3 is 2.71 bits per heavy atom. The first-order valence-electron chi connectivity index (χ1n) is 1.61. The normalized spacial score (nSPS) is 9.43. The molecule has 0 fully saturated rings. The fraction of sp³-hybridized carbons (Fsp3) is 0. The van der Waals surface area contributed by atoms with Crippen LogP contribution in [0.1, 0.15) is 0 Å². The minimum atomic E-state index is -0.271. The van der Waals surface area contributed by atoms with Gasteiger partial charge in [0.15, 0.2) is 5.13 Å². The van der Waals surface area contributed by atoms with Crippen LogP contribution in [-0.2, 0) is 0 Å². The van der Waals surface area contributed by atoms with Crippen LogP contribution in [0.25, 0.3) is 0 Å². The van der Waals surface area contributed by atoms with Crippen LogP contribution >= 0.6 is 27.3 Å². The molecule has 1 aromatic rings. The Balaban J connectivity index is 3.04. The van der Waals surface area contributed by atoms with Gasteiger partial charge in [0.05, 0.1) is 0 Å². The van der Waals surface area contributed by atoms with Crippen molar-refractivity contribution in [1.82, 2.24) is 0 Å². The SMILES string of the molecule is Fc1[c]c(Br)cs1. The molecule has 0 aliphatic carbocycles. The van der Waals surface area contributed by atoms with Crippen molar-refractivity contribution in [2.75, 3.05) is 0 Å². The second-order valence-electron chi connectivity index (χ2n) is 0.982. The fourth-order valence-corrected chi connectivity index (χ4v) is 1.28. The topological polar surface area (TPSA) is 0 Å². The highest BCUT2D eigenvalue weighted by molar-refractivity contribution is 9.10. The minimum absolute atomic E-state index is 0.271. The molecule has 1 rings (SSSR count). The molecule has 1 heterocycles. The lowest BCUT2D eigenvalue weighted by atomic mass is 10.7. The van der Waals surface area contributed by atoms with Gasteiger partial charge in [-0.05, 0) is 15.9 Å². The predicted octanol–water partition coefficient (Wildman–Crippen LogP) is 2.45. The quantitative estimate of drug-likeness (QED) is 0.575. The molecule has 1 radical (unpaired) electrons. The van der Waals surface area contributed by atoms with Crippen LogP contribution in [0.4, 0.5) is 4.39 Å². The number of halogens is 2. The highest BCUT2D eigenvalue weighted by atomic mass is 79.9. The molecule has 0 nitrogen and oxygen atoms in total. The molecular weight excluding hydrogens is 179 g/mol. The van der Waals surface area contributed by atoms with E-state index in [-0.39, 0.29) is 5.13 Å². The molecule has 0 atom stereocenters. The lowest BCUT2D eigenvalue weighted by Gasteiger charge is -1.63. The summed E-state index contributed by atoms with van der Waals surface area (Å²) in [5, 5.41) is 1.38. The zero-order chi connectivity index (χ0) is 5.28. The third-order valence-corrected chi connectivity index (χ3v) is 1.88. The summed E-state index contributed by atoms with van der Waals surface area (Å²) in [6.07, 6.45) is 0. The molecule has 0 amide bonds. The molecule has 0 bridgehead atoms. The van der Waals surface area contributed by atoms with Gasteiger partial charge in [-0.15, -0.1) is 11.3 Å². The number of hydrogen-bond acceptors (Lipinski definition) is 1. The molecule has 0 aromatic carbocycles. The maximum Gasteiger partial charge on any atom is 0.185 e. The van der Waals surface area contributed by atoms with Crippen molar-refractivity contribution < 1.29 is 4.39 Å². The second-order valence-corrected chi connectivity index (χ2v) is 2.67. The van der Waals surface area contributed by atoms with Crippen molar-refractivity contribution in [3.63, 3.8) is 0 Å². The average Bonchev–Trinajstić information content (AvgIpc) is 1.87.